The molecule has 134 valence electrons. The van der Waals surface area contributed by atoms with Gasteiger partial charge in [-0.1, -0.05) is 6.92 Å². The molecule has 3 fully saturated rings. The number of nitrogens with one attached hydrogen (secondary N) is 3. The van der Waals surface area contributed by atoms with Crippen LogP contribution in [0.1, 0.15) is 45.4 Å². The topological polar surface area (TPSA) is 90.5 Å². The van der Waals surface area contributed by atoms with Crippen LogP contribution in [0.15, 0.2) is 0 Å². The number of nitrogens with zero attached hydrogens (tertiary/aromatic N) is 1. The average molecular weight is 336 g/mol. The molecular formula is C17H28N4O3. The van der Waals surface area contributed by atoms with E-state index in [0.29, 0.717) is 31.2 Å². The molecule has 1 atom stereocenters. The number of amides is 4. The summed E-state index contributed by atoms with van der Waals surface area (Å²) in [6, 6.07) is -0.427. The summed E-state index contributed by atoms with van der Waals surface area (Å²) in [5.41, 5.74) is -0.767. The van der Waals surface area contributed by atoms with E-state index in [1.165, 1.54) is 0 Å². The molecule has 0 aromatic heterocycles. The molecule has 7 nitrogen and oxygen atoms in total. The molecule has 0 aromatic rings. The fourth-order valence-corrected chi connectivity index (χ4v) is 3.97. The van der Waals surface area contributed by atoms with Crippen LogP contribution in [0.25, 0.3) is 0 Å². The Labute approximate surface area is 142 Å². The van der Waals surface area contributed by atoms with Gasteiger partial charge in [-0.3, -0.25) is 14.5 Å². The second-order valence-corrected chi connectivity index (χ2v) is 7.60. The van der Waals surface area contributed by atoms with Crippen molar-refractivity contribution in [2.24, 2.45) is 11.8 Å². The smallest absolute Gasteiger partial charge is 0.325 e. The van der Waals surface area contributed by atoms with Crippen molar-refractivity contribution < 1.29 is 14.4 Å². The van der Waals surface area contributed by atoms with Crippen LogP contribution in [0.3, 0.4) is 0 Å². The summed E-state index contributed by atoms with van der Waals surface area (Å²) in [5.74, 6) is 0.526. The van der Waals surface area contributed by atoms with Crippen molar-refractivity contribution in [3.63, 3.8) is 0 Å². The van der Waals surface area contributed by atoms with E-state index in [1.807, 2.05) is 0 Å². The van der Waals surface area contributed by atoms with Gasteiger partial charge in [-0.2, -0.15) is 0 Å². The molecule has 3 rings (SSSR count). The van der Waals surface area contributed by atoms with E-state index in [0.717, 1.165) is 43.7 Å². The molecule has 0 radical (unpaired) electrons. The van der Waals surface area contributed by atoms with Crippen molar-refractivity contribution in [3.8, 4) is 0 Å². The third-order valence-electron chi connectivity index (χ3n) is 5.66. The Kier molecular flexibility index (Phi) is 5.08. The molecule has 7 heteroatoms. The SMILES string of the molecule is CC1CCC2(CC1)NC(=O)N(CC(=O)NCC1CCCNC1)C2=O. The standard InChI is InChI=1S/C17H28N4O3/c1-12-4-6-17(7-5-12)15(23)21(16(24)20-17)11-14(22)19-10-13-3-2-8-18-9-13/h12-13,18H,2-11H2,1H3,(H,19,22)(H,20,24). The maximum absolute atomic E-state index is 12.7. The van der Waals surface area contributed by atoms with Gasteiger partial charge in [0.15, 0.2) is 0 Å². The second-order valence-electron chi connectivity index (χ2n) is 7.60. The Morgan fingerprint density at radius 3 is 2.71 bits per heavy atom. The lowest BCUT2D eigenvalue weighted by Gasteiger charge is -2.33. The van der Waals surface area contributed by atoms with E-state index in [4.69, 9.17) is 0 Å². The van der Waals surface area contributed by atoms with Gasteiger partial charge >= 0.3 is 6.03 Å². The highest BCUT2D eigenvalue weighted by Crippen LogP contribution is 2.36. The number of urea groups is 1. The van der Waals surface area contributed by atoms with Crippen LogP contribution in [0.4, 0.5) is 4.79 Å². The molecule has 0 bridgehead atoms. The summed E-state index contributed by atoms with van der Waals surface area (Å²) in [4.78, 5) is 38.1. The predicted molar refractivity (Wildman–Crippen MR) is 89.2 cm³/mol. The van der Waals surface area contributed by atoms with Gasteiger partial charge in [-0.05, 0) is 63.5 Å². The molecule has 3 aliphatic rings. The van der Waals surface area contributed by atoms with Gasteiger partial charge in [0.05, 0.1) is 0 Å². The molecular weight excluding hydrogens is 308 g/mol. The van der Waals surface area contributed by atoms with Crippen LogP contribution >= 0.6 is 0 Å². The number of piperidine rings is 1. The zero-order valence-electron chi connectivity index (χ0n) is 14.4. The first-order valence-electron chi connectivity index (χ1n) is 9.12. The van der Waals surface area contributed by atoms with Gasteiger partial charge in [-0.15, -0.1) is 0 Å². The van der Waals surface area contributed by atoms with Gasteiger partial charge in [0.2, 0.25) is 5.91 Å². The average Bonchev–Trinajstić information content (AvgIpc) is 2.81. The molecule has 3 N–H and O–H groups in total. The third kappa shape index (κ3) is 3.55. The van der Waals surface area contributed by atoms with Crippen LogP contribution in [0, 0.1) is 11.8 Å². The van der Waals surface area contributed by atoms with E-state index in [1.54, 1.807) is 0 Å². The van der Waals surface area contributed by atoms with E-state index in [2.05, 4.69) is 22.9 Å². The van der Waals surface area contributed by atoms with Crippen LogP contribution in [0.2, 0.25) is 0 Å². The number of hydrogen-bond acceptors (Lipinski definition) is 4. The Morgan fingerprint density at radius 1 is 1.29 bits per heavy atom. The zero-order valence-corrected chi connectivity index (χ0v) is 14.4. The van der Waals surface area contributed by atoms with Gasteiger partial charge < -0.3 is 16.0 Å². The van der Waals surface area contributed by atoms with Crippen molar-refractivity contribution in [1.82, 2.24) is 20.9 Å². The summed E-state index contributed by atoms with van der Waals surface area (Å²) >= 11 is 0. The molecule has 0 aromatic carbocycles. The van der Waals surface area contributed by atoms with Crippen molar-refractivity contribution in [1.29, 1.82) is 0 Å². The minimum atomic E-state index is -0.767. The lowest BCUT2D eigenvalue weighted by atomic mass is 9.77. The summed E-state index contributed by atoms with van der Waals surface area (Å²) in [6.45, 7) is 4.53. The summed E-state index contributed by atoms with van der Waals surface area (Å²) in [7, 11) is 0. The van der Waals surface area contributed by atoms with E-state index in [-0.39, 0.29) is 18.4 Å². The second kappa shape index (κ2) is 7.09. The number of hydrogen-bond donors (Lipinski definition) is 3. The first-order valence-corrected chi connectivity index (χ1v) is 9.12. The van der Waals surface area contributed by atoms with Crippen molar-refractivity contribution >= 4 is 17.8 Å². The molecule has 2 heterocycles. The quantitative estimate of drug-likeness (QED) is 0.656. The van der Waals surface area contributed by atoms with Crippen LogP contribution < -0.4 is 16.0 Å². The Balaban J connectivity index is 1.51. The highest BCUT2D eigenvalue weighted by atomic mass is 16.2. The maximum atomic E-state index is 12.7. The molecule has 4 amide bonds. The largest absolute Gasteiger partial charge is 0.354 e. The number of carbonyl (C=O) groups is 3. The Hall–Kier alpha value is -1.63. The van der Waals surface area contributed by atoms with Crippen molar-refractivity contribution in [2.45, 2.75) is 51.0 Å². The van der Waals surface area contributed by atoms with Crippen molar-refractivity contribution in [2.75, 3.05) is 26.2 Å². The van der Waals surface area contributed by atoms with E-state index in [9.17, 15) is 14.4 Å². The van der Waals surface area contributed by atoms with Gasteiger partial charge in [0.25, 0.3) is 5.91 Å². The Morgan fingerprint density at radius 2 is 2.04 bits per heavy atom. The minimum Gasteiger partial charge on any atom is -0.354 e. The molecule has 2 saturated heterocycles. The lowest BCUT2D eigenvalue weighted by Crippen LogP contribution is -2.50. The molecule has 1 aliphatic carbocycles. The number of imide groups is 1. The molecule has 2 aliphatic heterocycles. The first kappa shape index (κ1) is 17.2. The predicted octanol–water partition coefficient (Wildman–Crippen LogP) is 0.603. The van der Waals surface area contributed by atoms with Crippen LogP contribution in [-0.2, 0) is 9.59 Å². The zero-order chi connectivity index (χ0) is 17.2. The lowest BCUT2D eigenvalue weighted by molar-refractivity contribution is -0.136. The molecule has 1 saturated carbocycles. The van der Waals surface area contributed by atoms with E-state index < -0.39 is 11.6 Å². The first-order chi connectivity index (χ1) is 11.5. The number of carbonyl (C=O) groups excluding carboxylic acids is 3. The molecule has 1 spiro atoms. The highest BCUT2D eigenvalue weighted by molar-refractivity contribution is 6.09. The summed E-state index contributed by atoms with van der Waals surface area (Å²) in [6.07, 6.45) is 5.42. The summed E-state index contributed by atoms with van der Waals surface area (Å²) < 4.78 is 0. The van der Waals surface area contributed by atoms with Crippen LogP contribution in [0.5, 0.6) is 0 Å². The molecule has 1 unspecified atom stereocenters. The highest BCUT2D eigenvalue weighted by Gasteiger charge is 2.52. The van der Waals surface area contributed by atoms with Crippen molar-refractivity contribution in [3.05, 3.63) is 0 Å². The number of rotatable bonds is 4. The van der Waals surface area contributed by atoms with Gasteiger partial charge in [0, 0.05) is 6.54 Å². The fourth-order valence-electron chi connectivity index (χ4n) is 3.97. The fraction of sp³-hybridized carbons (Fsp3) is 0.824. The van der Waals surface area contributed by atoms with Gasteiger partial charge in [-0.25, -0.2) is 4.79 Å². The summed E-state index contributed by atoms with van der Waals surface area (Å²) in [5, 5.41) is 9.02. The third-order valence-corrected chi connectivity index (χ3v) is 5.66. The molecule has 24 heavy (non-hydrogen) atoms. The van der Waals surface area contributed by atoms with Gasteiger partial charge in [0.1, 0.15) is 12.1 Å². The monoisotopic (exact) mass is 336 g/mol. The Bertz CT molecular complexity index is 508. The minimum absolute atomic E-state index is 0.178. The van der Waals surface area contributed by atoms with E-state index >= 15 is 0 Å². The van der Waals surface area contributed by atoms with Crippen LogP contribution in [-0.4, -0.2) is 54.5 Å². The normalized spacial score (nSPS) is 33.6. The maximum Gasteiger partial charge on any atom is 0.325 e.